The number of carbonyl (C=O) groups is 2. The number of amides is 1. The number of aliphatic carboxylic acids is 1. The zero-order valence-electron chi connectivity index (χ0n) is 10.7. The van der Waals surface area contributed by atoms with Crippen LogP contribution >= 0.6 is 0 Å². The maximum absolute atomic E-state index is 12.1. The molecule has 1 amide bonds. The van der Waals surface area contributed by atoms with Crippen molar-refractivity contribution in [3.8, 4) is 0 Å². The Kier molecular flexibility index (Phi) is 4.13. The van der Waals surface area contributed by atoms with Crippen LogP contribution < -0.4 is 5.32 Å². The van der Waals surface area contributed by atoms with Crippen molar-refractivity contribution in [3.63, 3.8) is 0 Å². The van der Waals surface area contributed by atoms with Gasteiger partial charge in [0, 0.05) is 6.04 Å². The second kappa shape index (κ2) is 5.48. The van der Waals surface area contributed by atoms with Gasteiger partial charge in [0.1, 0.15) is 0 Å². The monoisotopic (exact) mass is 289 g/mol. The van der Waals surface area contributed by atoms with Crippen molar-refractivity contribution in [1.29, 1.82) is 0 Å². The van der Waals surface area contributed by atoms with E-state index in [0.717, 1.165) is 12.8 Å². The molecule has 19 heavy (non-hydrogen) atoms. The summed E-state index contributed by atoms with van der Waals surface area (Å²) in [6.07, 6.45) is 3.21. The molecule has 0 unspecified atom stereocenters. The Labute approximate surface area is 112 Å². The normalized spacial score (nSPS) is 33.8. The van der Waals surface area contributed by atoms with Gasteiger partial charge in [-0.25, -0.2) is 8.42 Å². The van der Waals surface area contributed by atoms with Crippen molar-refractivity contribution >= 4 is 21.7 Å². The van der Waals surface area contributed by atoms with E-state index in [9.17, 15) is 18.0 Å². The zero-order valence-corrected chi connectivity index (χ0v) is 11.5. The van der Waals surface area contributed by atoms with Crippen LogP contribution in [0, 0.1) is 11.8 Å². The third kappa shape index (κ3) is 3.46. The van der Waals surface area contributed by atoms with Crippen LogP contribution in [0.25, 0.3) is 0 Å². The summed E-state index contributed by atoms with van der Waals surface area (Å²) in [5, 5.41) is 11.8. The molecule has 0 radical (unpaired) electrons. The standard InChI is InChI=1S/C12H19NO5S/c14-11(13-8-5-6-19(17,18)7-8)9-3-1-2-4-10(9)12(15)16/h8-10H,1-7H2,(H,13,14)(H,15,16)/t8-,9-,10+/m1/s1. The predicted molar refractivity (Wildman–Crippen MR) is 68.3 cm³/mol. The fourth-order valence-corrected chi connectivity index (χ4v) is 4.63. The number of nitrogens with one attached hydrogen (secondary N) is 1. The van der Waals surface area contributed by atoms with Crippen molar-refractivity contribution in [2.75, 3.05) is 11.5 Å². The van der Waals surface area contributed by atoms with E-state index in [4.69, 9.17) is 5.11 Å². The molecule has 2 rings (SSSR count). The molecule has 6 nitrogen and oxygen atoms in total. The highest BCUT2D eigenvalue weighted by Gasteiger charge is 2.37. The van der Waals surface area contributed by atoms with Gasteiger partial charge in [0.2, 0.25) is 5.91 Å². The summed E-state index contributed by atoms with van der Waals surface area (Å²) in [6, 6.07) is -0.353. The molecule has 0 aromatic heterocycles. The van der Waals surface area contributed by atoms with E-state index in [1.165, 1.54) is 0 Å². The van der Waals surface area contributed by atoms with E-state index in [1.807, 2.05) is 0 Å². The lowest BCUT2D eigenvalue weighted by Gasteiger charge is -2.28. The maximum Gasteiger partial charge on any atom is 0.307 e. The molecule has 1 saturated carbocycles. The fraction of sp³-hybridized carbons (Fsp3) is 0.833. The molecule has 0 aromatic carbocycles. The Morgan fingerprint density at radius 3 is 2.21 bits per heavy atom. The van der Waals surface area contributed by atoms with Gasteiger partial charge in [-0.3, -0.25) is 9.59 Å². The molecule has 1 heterocycles. The third-order valence-electron chi connectivity index (χ3n) is 4.00. The van der Waals surface area contributed by atoms with Crippen LogP contribution in [0.5, 0.6) is 0 Å². The number of carboxylic acid groups (broad SMARTS) is 1. The van der Waals surface area contributed by atoms with Crippen molar-refractivity contribution in [1.82, 2.24) is 5.32 Å². The van der Waals surface area contributed by atoms with E-state index in [-0.39, 0.29) is 23.5 Å². The Morgan fingerprint density at radius 1 is 1.05 bits per heavy atom. The van der Waals surface area contributed by atoms with Crippen LogP contribution in [0.1, 0.15) is 32.1 Å². The Balaban J connectivity index is 1.97. The minimum atomic E-state index is -3.03. The minimum absolute atomic E-state index is 0.0246. The molecular formula is C12H19NO5S. The molecule has 0 aromatic rings. The lowest BCUT2D eigenvalue weighted by Crippen LogP contribution is -2.44. The Bertz CT molecular complexity index is 473. The molecule has 0 bridgehead atoms. The zero-order chi connectivity index (χ0) is 14.0. The number of hydrogen-bond donors (Lipinski definition) is 2. The van der Waals surface area contributed by atoms with Gasteiger partial charge in [-0.2, -0.15) is 0 Å². The topological polar surface area (TPSA) is 101 Å². The molecule has 2 aliphatic rings. The predicted octanol–water partition coefficient (Wildman–Crippen LogP) is 0.181. The Morgan fingerprint density at radius 2 is 1.68 bits per heavy atom. The first-order chi connectivity index (χ1) is 8.89. The first kappa shape index (κ1) is 14.3. The van der Waals surface area contributed by atoms with Crippen LogP contribution in [-0.2, 0) is 19.4 Å². The van der Waals surface area contributed by atoms with Gasteiger partial charge in [-0.05, 0) is 19.3 Å². The van der Waals surface area contributed by atoms with Crippen molar-refractivity contribution in [2.45, 2.75) is 38.1 Å². The first-order valence-corrected chi connectivity index (χ1v) is 8.45. The van der Waals surface area contributed by atoms with E-state index >= 15 is 0 Å². The second-order valence-corrected chi connectivity index (χ2v) is 7.67. The lowest BCUT2D eigenvalue weighted by atomic mass is 9.78. The molecule has 108 valence electrons. The van der Waals surface area contributed by atoms with Gasteiger partial charge >= 0.3 is 5.97 Å². The summed E-state index contributed by atoms with van der Waals surface area (Å²) in [5.74, 6) is -2.30. The minimum Gasteiger partial charge on any atom is -0.481 e. The van der Waals surface area contributed by atoms with Gasteiger partial charge in [0.25, 0.3) is 0 Å². The van der Waals surface area contributed by atoms with Crippen molar-refractivity contribution in [3.05, 3.63) is 0 Å². The van der Waals surface area contributed by atoms with E-state index in [0.29, 0.717) is 19.3 Å². The van der Waals surface area contributed by atoms with Gasteiger partial charge in [-0.15, -0.1) is 0 Å². The number of rotatable bonds is 3. The maximum atomic E-state index is 12.1. The molecule has 1 aliphatic carbocycles. The summed E-state index contributed by atoms with van der Waals surface area (Å²) in [5.41, 5.74) is 0. The van der Waals surface area contributed by atoms with E-state index in [2.05, 4.69) is 5.32 Å². The number of sulfone groups is 1. The van der Waals surface area contributed by atoms with Gasteiger partial charge in [-0.1, -0.05) is 12.8 Å². The first-order valence-electron chi connectivity index (χ1n) is 6.62. The van der Waals surface area contributed by atoms with Crippen LogP contribution in [0.3, 0.4) is 0 Å². The number of carboxylic acids is 1. The van der Waals surface area contributed by atoms with Gasteiger partial charge < -0.3 is 10.4 Å². The number of hydrogen-bond acceptors (Lipinski definition) is 4. The third-order valence-corrected chi connectivity index (χ3v) is 5.77. The van der Waals surface area contributed by atoms with Crippen molar-refractivity contribution < 1.29 is 23.1 Å². The highest BCUT2D eigenvalue weighted by atomic mass is 32.2. The summed E-state index contributed by atoms with van der Waals surface area (Å²) in [6.45, 7) is 0. The second-order valence-electron chi connectivity index (χ2n) is 5.44. The molecule has 2 N–H and O–H groups in total. The smallest absolute Gasteiger partial charge is 0.307 e. The summed E-state index contributed by atoms with van der Waals surface area (Å²) >= 11 is 0. The fourth-order valence-electron chi connectivity index (χ4n) is 2.96. The summed E-state index contributed by atoms with van der Waals surface area (Å²) < 4.78 is 22.7. The van der Waals surface area contributed by atoms with Crippen LogP contribution in [-0.4, -0.2) is 42.9 Å². The molecular weight excluding hydrogens is 270 g/mol. The quantitative estimate of drug-likeness (QED) is 0.772. The summed E-state index contributed by atoms with van der Waals surface area (Å²) in [7, 11) is -3.03. The van der Waals surface area contributed by atoms with E-state index in [1.54, 1.807) is 0 Å². The largest absolute Gasteiger partial charge is 0.481 e. The molecule has 3 atom stereocenters. The Hall–Kier alpha value is -1.11. The van der Waals surface area contributed by atoms with Gasteiger partial charge in [0.05, 0.1) is 23.3 Å². The molecule has 2 fully saturated rings. The molecule has 1 aliphatic heterocycles. The summed E-state index contributed by atoms with van der Waals surface area (Å²) in [4.78, 5) is 23.2. The van der Waals surface area contributed by atoms with Crippen LogP contribution in [0.15, 0.2) is 0 Å². The number of carbonyl (C=O) groups excluding carboxylic acids is 1. The lowest BCUT2D eigenvalue weighted by molar-refractivity contribution is -0.149. The van der Waals surface area contributed by atoms with Gasteiger partial charge in [0.15, 0.2) is 9.84 Å². The average Bonchev–Trinajstić information content (AvgIpc) is 2.68. The molecule has 7 heteroatoms. The van der Waals surface area contributed by atoms with E-state index < -0.39 is 27.6 Å². The molecule has 0 spiro atoms. The SMILES string of the molecule is O=C(O)[C@H]1CCCC[C@H]1C(=O)N[C@@H]1CCS(=O)(=O)C1. The van der Waals surface area contributed by atoms with Crippen molar-refractivity contribution in [2.24, 2.45) is 11.8 Å². The average molecular weight is 289 g/mol. The highest BCUT2D eigenvalue weighted by molar-refractivity contribution is 7.91. The van der Waals surface area contributed by atoms with Crippen LogP contribution in [0.2, 0.25) is 0 Å². The molecule has 1 saturated heterocycles. The van der Waals surface area contributed by atoms with Crippen LogP contribution in [0.4, 0.5) is 0 Å². The highest BCUT2D eigenvalue weighted by Crippen LogP contribution is 2.30.